The minimum Gasteiger partial charge on any atom is -0.475 e. The molecule has 2 aliphatic heterocycles. The lowest BCUT2D eigenvalue weighted by molar-refractivity contribution is -0.0735. The van der Waals surface area contributed by atoms with E-state index in [4.69, 9.17) is 25.8 Å². The Morgan fingerprint density at radius 1 is 1.10 bits per heavy atom. The quantitative estimate of drug-likeness (QED) is 0.320. The number of pyridine rings is 2. The van der Waals surface area contributed by atoms with E-state index in [0.717, 1.165) is 62.7 Å². The van der Waals surface area contributed by atoms with Gasteiger partial charge in [-0.05, 0) is 25.8 Å². The number of rotatable bonds is 8. The van der Waals surface area contributed by atoms with Crippen molar-refractivity contribution >= 4 is 17.2 Å². The van der Waals surface area contributed by atoms with Gasteiger partial charge in [-0.3, -0.25) is 14.3 Å². The van der Waals surface area contributed by atoms with Gasteiger partial charge in [0.25, 0.3) is 0 Å². The summed E-state index contributed by atoms with van der Waals surface area (Å²) in [7, 11) is 1.40. The van der Waals surface area contributed by atoms with Crippen molar-refractivity contribution in [2.45, 2.75) is 38.0 Å². The molecule has 10 nitrogen and oxygen atoms in total. The maximum Gasteiger partial charge on any atom is 0.201 e. The first kappa shape index (κ1) is 26.1. The van der Waals surface area contributed by atoms with Gasteiger partial charge in [-0.15, -0.1) is 5.10 Å². The van der Waals surface area contributed by atoms with Crippen LogP contribution in [0.2, 0.25) is 5.15 Å². The van der Waals surface area contributed by atoms with Gasteiger partial charge in [0.05, 0.1) is 43.4 Å². The summed E-state index contributed by atoms with van der Waals surface area (Å²) in [6, 6.07) is 5.23. The number of ether oxygens (including phenoxy) is 3. The molecule has 6 rings (SSSR count). The topological polar surface area (TPSA) is 91.8 Å². The highest BCUT2D eigenvalue weighted by Crippen LogP contribution is 2.33. The molecule has 0 N–H and O–H groups in total. The first-order chi connectivity index (χ1) is 18.9. The molecule has 2 saturated heterocycles. The summed E-state index contributed by atoms with van der Waals surface area (Å²) in [4.78, 5) is 10.7. The van der Waals surface area contributed by atoms with E-state index in [1.807, 2.05) is 17.7 Å². The minimum absolute atomic E-state index is 0.0577. The predicted octanol–water partition coefficient (Wildman–Crippen LogP) is 4.03. The summed E-state index contributed by atoms with van der Waals surface area (Å²) in [5, 5.41) is 9.36. The number of imidazole rings is 1. The zero-order chi connectivity index (χ0) is 27.1. The van der Waals surface area contributed by atoms with Gasteiger partial charge in [0.15, 0.2) is 0 Å². The third-order valence-electron chi connectivity index (χ3n) is 7.52. The van der Waals surface area contributed by atoms with Crippen molar-refractivity contribution in [2.75, 3.05) is 40.0 Å². The second kappa shape index (κ2) is 10.8. The van der Waals surface area contributed by atoms with E-state index in [0.29, 0.717) is 28.4 Å². The highest BCUT2D eigenvalue weighted by atomic mass is 35.5. The fourth-order valence-corrected chi connectivity index (χ4v) is 5.47. The van der Waals surface area contributed by atoms with E-state index in [1.165, 1.54) is 13.3 Å². The highest BCUT2D eigenvalue weighted by molar-refractivity contribution is 6.29. The number of fused-ring (bicyclic) bond motifs is 1. The molecule has 0 amide bonds. The second-order valence-corrected chi connectivity index (χ2v) is 10.2. The van der Waals surface area contributed by atoms with Crippen LogP contribution in [0.3, 0.4) is 0 Å². The number of halogens is 3. The van der Waals surface area contributed by atoms with E-state index in [2.05, 4.69) is 25.2 Å². The molecule has 2 aliphatic rings. The lowest BCUT2D eigenvalue weighted by Crippen LogP contribution is -2.52. The van der Waals surface area contributed by atoms with Crippen LogP contribution >= 0.6 is 11.6 Å². The zero-order valence-corrected chi connectivity index (χ0v) is 22.3. The molecule has 0 aromatic carbocycles. The molecule has 2 fully saturated rings. The Bertz CT molecular complexity index is 1480. The van der Waals surface area contributed by atoms with Crippen molar-refractivity contribution < 1.29 is 23.0 Å². The molecule has 0 radical (unpaired) electrons. The molecular formula is C26H28ClF2N7O3. The normalized spacial score (nSPS) is 18.0. The summed E-state index contributed by atoms with van der Waals surface area (Å²) >= 11 is 6.40. The number of hydrogen-bond acceptors (Lipinski definition) is 8. The third-order valence-corrected chi connectivity index (χ3v) is 7.79. The third kappa shape index (κ3) is 4.97. The summed E-state index contributed by atoms with van der Waals surface area (Å²) in [6.07, 6.45) is 3.57. The SMILES string of the molecule is COC(COc1cc(-c2nnn(C3CCN(C4COC4)CC3)c2C)cc2ncc(Cl)n12)c1ncc(F)cc1F. The molecule has 206 valence electrons. The second-order valence-electron chi connectivity index (χ2n) is 9.84. The van der Waals surface area contributed by atoms with Crippen LogP contribution in [-0.2, 0) is 9.47 Å². The van der Waals surface area contributed by atoms with Crippen LogP contribution in [0, 0.1) is 18.6 Å². The van der Waals surface area contributed by atoms with Crippen LogP contribution in [0.5, 0.6) is 5.88 Å². The van der Waals surface area contributed by atoms with Crippen molar-refractivity contribution in [1.29, 1.82) is 0 Å². The maximum absolute atomic E-state index is 14.3. The Kier molecular flexibility index (Phi) is 7.19. The van der Waals surface area contributed by atoms with Crippen molar-refractivity contribution in [3.05, 3.63) is 58.8 Å². The van der Waals surface area contributed by atoms with Gasteiger partial charge in [0.2, 0.25) is 5.88 Å². The van der Waals surface area contributed by atoms with Crippen LogP contribution in [0.1, 0.15) is 36.4 Å². The van der Waals surface area contributed by atoms with Gasteiger partial charge in [-0.25, -0.2) is 18.4 Å². The molecule has 4 aromatic rings. The van der Waals surface area contributed by atoms with Gasteiger partial charge in [0.1, 0.15) is 46.5 Å². The molecule has 13 heteroatoms. The summed E-state index contributed by atoms with van der Waals surface area (Å²) in [5.41, 5.74) is 2.91. The zero-order valence-electron chi connectivity index (χ0n) is 21.6. The molecule has 39 heavy (non-hydrogen) atoms. The van der Waals surface area contributed by atoms with Crippen LogP contribution < -0.4 is 4.74 Å². The van der Waals surface area contributed by atoms with Crippen LogP contribution in [0.15, 0.2) is 30.6 Å². The predicted molar refractivity (Wildman–Crippen MR) is 138 cm³/mol. The van der Waals surface area contributed by atoms with E-state index in [1.54, 1.807) is 10.5 Å². The maximum atomic E-state index is 14.3. The standard InChI is InChI=1S/C26H28ClF2N7O3/c1-15-25(32-33-36(15)18-3-5-34(6-4-18)19-12-38-13-19)16-7-23-30-11-22(27)35(23)24(8-16)39-14-21(37-2)26-20(29)9-17(28)10-31-26/h7-11,18-19,21H,3-6,12-14H2,1-2H3. The number of aromatic nitrogens is 6. The minimum atomic E-state index is -0.883. The average molecular weight is 560 g/mol. The van der Waals surface area contributed by atoms with Crippen LogP contribution in [0.4, 0.5) is 8.78 Å². The molecule has 4 aromatic heterocycles. The van der Waals surface area contributed by atoms with Gasteiger partial charge in [-0.2, -0.15) is 0 Å². The summed E-state index contributed by atoms with van der Waals surface area (Å²) < 4.78 is 48.2. The van der Waals surface area contributed by atoms with Crippen molar-refractivity contribution in [1.82, 2.24) is 34.3 Å². The Labute approximate surface area is 228 Å². The monoisotopic (exact) mass is 559 g/mol. The smallest absolute Gasteiger partial charge is 0.201 e. The number of piperidine rings is 1. The first-order valence-corrected chi connectivity index (χ1v) is 13.2. The summed E-state index contributed by atoms with van der Waals surface area (Å²) in [5.74, 6) is -1.22. The molecular weight excluding hydrogens is 532 g/mol. The van der Waals surface area contributed by atoms with Gasteiger partial charge >= 0.3 is 0 Å². The largest absolute Gasteiger partial charge is 0.475 e. The Balaban J connectivity index is 1.25. The van der Waals surface area contributed by atoms with Crippen molar-refractivity contribution in [2.24, 2.45) is 0 Å². The van der Waals surface area contributed by atoms with E-state index < -0.39 is 17.7 Å². The Morgan fingerprint density at radius 2 is 1.90 bits per heavy atom. The van der Waals surface area contributed by atoms with Crippen molar-refractivity contribution in [3.63, 3.8) is 0 Å². The van der Waals surface area contributed by atoms with Gasteiger partial charge in [-0.1, -0.05) is 16.8 Å². The average Bonchev–Trinajstić information content (AvgIpc) is 3.47. The molecule has 6 heterocycles. The number of nitrogens with zero attached hydrogens (tertiary/aromatic N) is 7. The van der Waals surface area contributed by atoms with Crippen molar-refractivity contribution in [3.8, 4) is 17.1 Å². The molecule has 0 bridgehead atoms. The van der Waals surface area contributed by atoms with E-state index >= 15 is 0 Å². The van der Waals surface area contributed by atoms with E-state index in [9.17, 15) is 8.78 Å². The Hall–Kier alpha value is -3.19. The van der Waals surface area contributed by atoms with Crippen LogP contribution in [0.25, 0.3) is 16.9 Å². The number of likely N-dealkylation sites (tertiary alicyclic amines) is 1. The number of hydrogen-bond donors (Lipinski definition) is 0. The highest BCUT2D eigenvalue weighted by Gasteiger charge is 2.31. The van der Waals surface area contributed by atoms with Crippen LogP contribution in [-0.4, -0.2) is 80.3 Å². The fraction of sp³-hybridized carbons (Fsp3) is 0.462. The molecule has 0 aliphatic carbocycles. The van der Waals surface area contributed by atoms with E-state index in [-0.39, 0.29) is 18.3 Å². The summed E-state index contributed by atoms with van der Waals surface area (Å²) in [6.45, 7) is 5.57. The van der Waals surface area contributed by atoms with Gasteiger partial charge < -0.3 is 14.2 Å². The molecule has 1 atom stereocenters. The molecule has 1 unspecified atom stereocenters. The lowest BCUT2D eigenvalue weighted by atomic mass is 10.0. The fourth-order valence-electron chi connectivity index (χ4n) is 5.25. The molecule has 0 saturated carbocycles. The lowest BCUT2D eigenvalue weighted by Gasteiger charge is -2.41. The van der Waals surface area contributed by atoms with Gasteiger partial charge in [0, 0.05) is 37.9 Å². The Morgan fingerprint density at radius 3 is 2.59 bits per heavy atom. The molecule has 0 spiro atoms. The number of methoxy groups -OCH3 is 1. The first-order valence-electron chi connectivity index (χ1n) is 12.8.